The molecule has 398 valence electrons. The molecule has 2 atom stereocenters. The highest BCUT2D eigenvalue weighted by Crippen LogP contribution is 2.34. The van der Waals surface area contributed by atoms with Crippen molar-refractivity contribution in [2.45, 2.75) is 81.3 Å². The normalized spacial score (nSPS) is 14.3. The molecule has 0 bridgehead atoms. The molecule has 1 aromatic heterocycles. The highest BCUT2D eigenvalue weighted by molar-refractivity contribution is 7.92. The third-order valence-corrected chi connectivity index (χ3v) is 13.2. The Morgan fingerprint density at radius 2 is 1.33 bits per heavy atom. The number of amides is 7. The fraction of sp³-hybridized carbons (Fsp3) is 0.609. The Bertz CT molecular complexity index is 2260. The Labute approximate surface area is 417 Å². The number of nitrogens with one attached hydrogen (secondary N) is 6. The summed E-state index contributed by atoms with van der Waals surface area (Å²) >= 11 is 0. The smallest absolute Gasteiger partial charge is 0.333 e. The first kappa shape index (κ1) is 58.4. The molecule has 2 heterocycles. The van der Waals surface area contributed by atoms with Crippen molar-refractivity contribution in [2.24, 2.45) is 5.92 Å². The standard InChI is InChI=1S/C46H67N9O16S/c1-46(2,3)72(65,66)45-51-26-33-34(54-45)11-15-55(43(33)62)16-12-36(56)47-14-18-68-20-22-70-24-23-69-21-19-67-17-13-37(57)48-27-38(58)49-29-40(60)53-35(25-31-7-5-4-6-8-31)42(61)50-28-39(59)52-30-71-41(44(63)64)32-9-10-32/h4-8,26,32,35,41H,9-25,27-30H2,1-3H3,(H,47,56)(H,48,57)(H,49,58)(H,50,61)(H,52,59)(H,53,60)(H,63,64)/t35-,41-/m0/s1. The number of aromatic nitrogens is 2. The van der Waals surface area contributed by atoms with Crippen LogP contribution in [0.1, 0.15) is 68.1 Å². The fourth-order valence-electron chi connectivity index (χ4n) is 6.60. The van der Waals surface area contributed by atoms with Crippen LogP contribution in [0, 0.1) is 5.92 Å². The average Bonchev–Trinajstić information content (AvgIpc) is 4.19. The number of fused-ring (bicyclic) bond motifs is 1. The Morgan fingerprint density at radius 3 is 1.97 bits per heavy atom. The van der Waals surface area contributed by atoms with Gasteiger partial charge in [0.1, 0.15) is 12.8 Å². The van der Waals surface area contributed by atoms with Crippen LogP contribution in [0.15, 0.2) is 41.7 Å². The van der Waals surface area contributed by atoms with Gasteiger partial charge in [0.2, 0.25) is 50.4 Å². The number of carboxylic acids is 1. The predicted octanol–water partition coefficient (Wildman–Crippen LogP) is -1.96. The molecule has 0 unspecified atom stereocenters. The molecule has 0 radical (unpaired) electrons. The molecule has 7 amide bonds. The van der Waals surface area contributed by atoms with E-state index in [0.717, 1.165) is 12.8 Å². The summed E-state index contributed by atoms with van der Waals surface area (Å²) in [5.74, 6) is -4.93. The van der Waals surface area contributed by atoms with Crippen LogP contribution in [0.4, 0.5) is 0 Å². The molecule has 4 rings (SSSR count). The van der Waals surface area contributed by atoms with Crippen molar-refractivity contribution >= 4 is 57.2 Å². The second kappa shape index (κ2) is 30.0. The second-order valence-corrected chi connectivity index (χ2v) is 20.2. The summed E-state index contributed by atoms with van der Waals surface area (Å²) in [6.45, 7) is 5.66. The van der Waals surface area contributed by atoms with Gasteiger partial charge in [0.15, 0.2) is 6.10 Å². The number of nitrogens with zero attached hydrogens (tertiary/aromatic N) is 3. The minimum Gasteiger partial charge on any atom is -0.479 e. The predicted molar refractivity (Wildman–Crippen MR) is 253 cm³/mol. The molecule has 0 spiro atoms. The minimum absolute atomic E-state index is 0.0339. The molecule has 1 fully saturated rings. The van der Waals surface area contributed by atoms with Gasteiger partial charge in [0.05, 0.1) is 88.5 Å². The number of carboxylic acid groups (broad SMARTS) is 1. The third kappa shape index (κ3) is 20.9. The van der Waals surface area contributed by atoms with E-state index in [1.54, 1.807) is 51.1 Å². The van der Waals surface area contributed by atoms with E-state index in [2.05, 4.69) is 41.9 Å². The molecule has 7 N–H and O–H groups in total. The minimum atomic E-state index is -3.77. The zero-order valence-corrected chi connectivity index (χ0v) is 41.7. The lowest BCUT2D eigenvalue weighted by molar-refractivity contribution is -0.153. The highest BCUT2D eigenvalue weighted by atomic mass is 32.2. The second-order valence-electron chi connectivity index (χ2n) is 17.6. The van der Waals surface area contributed by atoms with Crippen molar-refractivity contribution < 1.29 is 75.6 Å². The van der Waals surface area contributed by atoms with Crippen molar-refractivity contribution in [1.82, 2.24) is 46.8 Å². The van der Waals surface area contributed by atoms with E-state index in [0.29, 0.717) is 50.7 Å². The van der Waals surface area contributed by atoms with E-state index in [1.165, 1.54) is 11.1 Å². The molecular weight excluding hydrogens is 967 g/mol. The molecule has 0 saturated heterocycles. The maximum atomic E-state index is 13.0. The summed E-state index contributed by atoms with van der Waals surface area (Å²) in [5, 5.41) is 23.9. The maximum Gasteiger partial charge on any atom is 0.333 e. The summed E-state index contributed by atoms with van der Waals surface area (Å²) in [6.07, 6.45) is 2.14. The van der Waals surface area contributed by atoms with Gasteiger partial charge in [-0.25, -0.2) is 23.2 Å². The summed E-state index contributed by atoms with van der Waals surface area (Å²) in [5.41, 5.74) is 1.32. The van der Waals surface area contributed by atoms with E-state index in [1.807, 2.05) is 0 Å². The van der Waals surface area contributed by atoms with Gasteiger partial charge in [-0.1, -0.05) is 30.3 Å². The molecule has 1 aliphatic carbocycles. The monoisotopic (exact) mass is 1030 g/mol. The lowest BCUT2D eigenvalue weighted by Gasteiger charge is -2.28. The molecule has 25 nitrogen and oxygen atoms in total. The Kier molecular flexibility index (Phi) is 24.3. The van der Waals surface area contributed by atoms with Crippen molar-refractivity contribution in [2.75, 3.05) is 98.9 Å². The van der Waals surface area contributed by atoms with Gasteiger partial charge < -0.3 is 65.6 Å². The summed E-state index contributed by atoms with van der Waals surface area (Å²) in [4.78, 5) is 109. The first-order valence-corrected chi connectivity index (χ1v) is 25.1. The van der Waals surface area contributed by atoms with Crippen LogP contribution in [-0.4, -0.2) is 191 Å². The van der Waals surface area contributed by atoms with E-state index >= 15 is 0 Å². The van der Waals surface area contributed by atoms with Crippen LogP contribution in [0.3, 0.4) is 0 Å². The van der Waals surface area contributed by atoms with Crippen molar-refractivity contribution in [1.29, 1.82) is 0 Å². The Morgan fingerprint density at radius 1 is 0.750 bits per heavy atom. The molecular formula is C46H67N9O16S. The first-order chi connectivity index (χ1) is 34.3. The SMILES string of the molecule is CC(C)(C)S(=O)(=O)c1ncc2c(n1)CCN(CCC(=O)NCCOCCOCCOCCOCCC(=O)NCC(=O)NCC(=O)N[C@@H](Cc1ccccc1)C(=O)NCC(=O)NCO[C@H](C(=O)O)C1CC1)C2=O. The molecule has 1 aliphatic heterocycles. The van der Waals surface area contributed by atoms with Crippen LogP contribution in [0.5, 0.6) is 0 Å². The number of hydrogen-bond donors (Lipinski definition) is 7. The summed E-state index contributed by atoms with van der Waals surface area (Å²) in [7, 11) is -3.77. The average molecular weight is 1030 g/mol. The van der Waals surface area contributed by atoms with E-state index in [-0.39, 0.29) is 94.0 Å². The van der Waals surface area contributed by atoms with Crippen molar-refractivity contribution in [3.8, 4) is 0 Å². The zero-order chi connectivity index (χ0) is 52.5. The van der Waals surface area contributed by atoms with Crippen LogP contribution in [0.25, 0.3) is 0 Å². The van der Waals surface area contributed by atoms with Gasteiger partial charge in [-0.3, -0.25) is 33.6 Å². The van der Waals surface area contributed by atoms with Gasteiger partial charge in [-0.2, -0.15) is 0 Å². The van der Waals surface area contributed by atoms with Gasteiger partial charge in [-0.15, -0.1) is 0 Å². The number of hydrogen-bond acceptors (Lipinski definition) is 17. The van der Waals surface area contributed by atoms with Crippen LogP contribution in [0.2, 0.25) is 0 Å². The summed E-state index contributed by atoms with van der Waals surface area (Å²) in [6, 6.07) is 7.69. The fourth-order valence-corrected chi connectivity index (χ4v) is 7.57. The number of carbonyl (C=O) groups excluding carboxylic acids is 7. The van der Waals surface area contributed by atoms with E-state index in [4.69, 9.17) is 23.7 Å². The number of carbonyl (C=O) groups is 8. The molecule has 1 aromatic carbocycles. The number of ether oxygens (including phenoxy) is 5. The topological polar surface area (TPSA) is 338 Å². The van der Waals surface area contributed by atoms with Crippen molar-refractivity contribution in [3.05, 3.63) is 53.3 Å². The highest BCUT2D eigenvalue weighted by Gasteiger charge is 2.38. The quantitative estimate of drug-likeness (QED) is 0.0227. The molecule has 1 saturated carbocycles. The Hall–Kier alpha value is -6.19. The van der Waals surface area contributed by atoms with E-state index in [9.17, 15) is 51.9 Å². The van der Waals surface area contributed by atoms with E-state index < -0.39 is 81.9 Å². The molecule has 2 aliphatic rings. The van der Waals surface area contributed by atoms with Gasteiger partial charge in [0, 0.05) is 51.5 Å². The number of benzene rings is 1. The maximum absolute atomic E-state index is 13.0. The third-order valence-electron chi connectivity index (χ3n) is 10.9. The van der Waals surface area contributed by atoms with Gasteiger partial charge in [-0.05, 0) is 45.1 Å². The van der Waals surface area contributed by atoms with Crippen LogP contribution in [-0.2, 0) is 79.9 Å². The Balaban J connectivity index is 0.947. The first-order valence-electron chi connectivity index (χ1n) is 23.6. The zero-order valence-electron chi connectivity index (χ0n) is 40.9. The molecule has 2 aromatic rings. The largest absolute Gasteiger partial charge is 0.479 e. The van der Waals surface area contributed by atoms with Crippen molar-refractivity contribution in [3.63, 3.8) is 0 Å². The number of rotatable bonds is 34. The molecule has 72 heavy (non-hydrogen) atoms. The van der Waals surface area contributed by atoms with Gasteiger partial charge in [0.25, 0.3) is 5.91 Å². The number of aliphatic carboxylic acids is 1. The lowest BCUT2D eigenvalue weighted by Crippen LogP contribution is -2.52. The number of sulfone groups is 1. The molecule has 26 heteroatoms. The van der Waals surface area contributed by atoms with Crippen LogP contribution >= 0.6 is 0 Å². The summed E-state index contributed by atoms with van der Waals surface area (Å²) < 4.78 is 51.4. The lowest BCUT2D eigenvalue weighted by atomic mass is 10.1. The van der Waals surface area contributed by atoms with Crippen LogP contribution < -0.4 is 31.9 Å². The van der Waals surface area contributed by atoms with Gasteiger partial charge >= 0.3 is 5.97 Å².